The number of nitro benzene ring substituents is 1. The highest BCUT2D eigenvalue weighted by molar-refractivity contribution is 9.10. The molecule has 2 atom stereocenters. The predicted octanol–water partition coefficient (Wildman–Crippen LogP) is 5.64. The van der Waals surface area contributed by atoms with Gasteiger partial charge in [0, 0.05) is 17.2 Å². The lowest BCUT2D eigenvalue weighted by Gasteiger charge is -2.36. The van der Waals surface area contributed by atoms with Crippen molar-refractivity contribution in [1.29, 1.82) is 5.26 Å². The monoisotopic (exact) mass is 499 g/mol. The van der Waals surface area contributed by atoms with Crippen molar-refractivity contribution in [2.24, 2.45) is 4.02 Å². The van der Waals surface area contributed by atoms with Crippen LogP contribution in [-0.2, 0) is 0 Å². The van der Waals surface area contributed by atoms with E-state index in [2.05, 4.69) is 42.2 Å². The van der Waals surface area contributed by atoms with Crippen molar-refractivity contribution in [2.45, 2.75) is 10.2 Å². The highest BCUT2D eigenvalue weighted by atomic mass is 79.9. The number of para-hydroxylation sites is 1. The molecule has 0 bridgehead atoms. The second-order valence-electron chi connectivity index (χ2n) is 6.26. The third-order valence-corrected chi connectivity index (χ3v) is 6.12. The number of fused-ring (bicyclic) bond motifs is 3. The molecule has 0 spiro atoms. The first-order chi connectivity index (χ1) is 13.5. The van der Waals surface area contributed by atoms with Crippen molar-refractivity contribution in [3.8, 4) is 11.8 Å². The van der Waals surface area contributed by atoms with Gasteiger partial charge in [0.25, 0.3) is 5.69 Å². The number of ether oxygens (including phenoxy) is 1. The van der Waals surface area contributed by atoms with Gasteiger partial charge in [-0.25, -0.2) is 0 Å². The van der Waals surface area contributed by atoms with Crippen LogP contribution in [0.15, 0.2) is 64.7 Å². The van der Waals surface area contributed by atoms with Crippen molar-refractivity contribution < 1.29 is 9.66 Å². The Balaban J connectivity index is 2.15. The van der Waals surface area contributed by atoms with Gasteiger partial charge in [-0.2, -0.15) is 9.28 Å². The van der Waals surface area contributed by atoms with Gasteiger partial charge in [0.2, 0.25) is 5.90 Å². The number of halogens is 2. The van der Waals surface area contributed by atoms with Crippen LogP contribution in [0, 0.1) is 21.4 Å². The van der Waals surface area contributed by atoms with E-state index in [1.54, 1.807) is 24.3 Å². The molecule has 0 saturated heterocycles. The Morgan fingerprint density at radius 2 is 1.86 bits per heavy atom. The molecule has 0 saturated carbocycles. The van der Waals surface area contributed by atoms with E-state index in [4.69, 9.17) is 4.74 Å². The van der Waals surface area contributed by atoms with Gasteiger partial charge in [0.1, 0.15) is 5.75 Å². The molecule has 0 radical (unpaired) electrons. The number of nitriles is 1. The summed E-state index contributed by atoms with van der Waals surface area (Å²) in [6.45, 7) is 0. The van der Waals surface area contributed by atoms with E-state index in [1.807, 2.05) is 30.3 Å². The molecule has 1 aliphatic heterocycles. The SMILES string of the molecule is N#CC1(Br)C(=NBr)Oc2ccc3ccccc3c2C1c1ccccc1[N+](=O)[O-]. The maximum absolute atomic E-state index is 11.7. The van der Waals surface area contributed by atoms with Gasteiger partial charge in [0.05, 0.1) is 33.1 Å². The Kier molecular flexibility index (Phi) is 4.65. The molecule has 28 heavy (non-hydrogen) atoms. The Morgan fingerprint density at radius 1 is 1.14 bits per heavy atom. The zero-order chi connectivity index (χ0) is 19.9. The molecule has 0 aromatic heterocycles. The van der Waals surface area contributed by atoms with Crippen LogP contribution < -0.4 is 4.74 Å². The molecule has 0 aliphatic carbocycles. The fraction of sp³-hybridized carbons (Fsp3) is 0.100. The summed E-state index contributed by atoms with van der Waals surface area (Å²) in [7, 11) is 0. The van der Waals surface area contributed by atoms with Crippen molar-refractivity contribution in [3.63, 3.8) is 0 Å². The highest BCUT2D eigenvalue weighted by Crippen LogP contribution is 2.53. The van der Waals surface area contributed by atoms with Crippen LogP contribution >= 0.6 is 32.1 Å². The number of rotatable bonds is 2. The first-order valence-corrected chi connectivity index (χ1v) is 9.74. The quantitative estimate of drug-likeness (QED) is 0.259. The van der Waals surface area contributed by atoms with E-state index in [0.717, 1.165) is 10.8 Å². The average molecular weight is 501 g/mol. The highest BCUT2D eigenvalue weighted by Gasteiger charge is 2.52. The molecular formula is C20H11Br2N3O3. The van der Waals surface area contributed by atoms with E-state index in [-0.39, 0.29) is 11.6 Å². The number of benzene rings is 3. The summed E-state index contributed by atoms with van der Waals surface area (Å²) in [5, 5.41) is 23.6. The number of nitro groups is 1. The van der Waals surface area contributed by atoms with Gasteiger partial charge in [-0.05, 0) is 16.8 Å². The van der Waals surface area contributed by atoms with E-state index in [0.29, 0.717) is 16.9 Å². The Labute approximate surface area is 177 Å². The van der Waals surface area contributed by atoms with Crippen LogP contribution in [0.25, 0.3) is 10.8 Å². The molecule has 4 rings (SSSR count). The summed E-state index contributed by atoms with van der Waals surface area (Å²) >= 11 is 6.52. The van der Waals surface area contributed by atoms with Crippen LogP contribution in [0.1, 0.15) is 17.0 Å². The third-order valence-electron chi connectivity index (χ3n) is 4.82. The van der Waals surface area contributed by atoms with E-state index < -0.39 is 15.2 Å². The molecule has 1 heterocycles. The predicted molar refractivity (Wildman–Crippen MR) is 113 cm³/mol. The number of hydrogen-bond acceptors (Lipinski definition) is 5. The summed E-state index contributed by atoms with van der Waals surface area (Å²) in [6.07, 6.45) is 0. The van der Waals surface area contributed by atoms with Gasteiger partial charge in [-0.15, -0.1) is 0 Å². The number of nitrogens with zero attached hydrogens (tertiary/aromatic N) is 3. The first kappa shape index (κ1) is 18.6. The zero-order valence-electron chi connectivity index (χ0n) is 14.2. The Hall–Kier alpha value is -2.76. The number of alkyl halides is 1. The van der Waals surface area contributed by atoms with Gasteiger partial charge in [0.15, 0.2) is 4.32 Å². The molecule has 8 heteroatoms. The standard InChI is InChI=1S/C20H11Br2N3O3/c21-20(11-23)18(14-7-3-4-8-15(14)25(26)27)17-13-6-2-1-5-12(13)9-10-16(17)28-19(20)24-22/h1-10,18H. The number of hydrogen-bond donors (Lipinski definition) is 0. The van der Waals surface area contributed by atoms with Crippen molar-refractivity contribution in [1.82, 2.24) is 0 Å². The maximum atomic E-state index is 11.7. The lowest BCUT2D eigenvalue weighted by molar-refractivity contribution is -0.385. The minimum Gasteiger partial charge on any atom is -0.439 e. The molecule has 6 nitrogen and oxygen atoms in total. The zero-order valence-corrected chi connectivity index (χ0v) is 17.3. The molecule has 0 N–H and O–H groups in total. The molecule has 2 unspecified atom stereocenters. The summed E-state index contributed by atoms with van der Waals surface area (Å²) in [5.41, 5.74) is 1.03. The van der Waals surface area contributed by atoms with Crippen LogP contribution in [0.2, 0.25) is 0 Å². The fourth-order valence-electron chi connectivity index (χ4n) is 3.62. The lowest BCUT2D eigenvalue weighted by Crippen LogP contribution is -2.44. The van der Waals surface area contributed by atoms with Crippen LogP contribution in [0.4, 0.5) is 5.69 Å². The van der Waals surface area contributed by atoms with Crippen LogP contribution in [-0.4, -0.2) is 15.1 Å². The second kappa shape index (κ2) is 7.00. The summed E-state index contributed by atoms with van der Waals surface area (Å²) < 4.78 is 8.45. The van der Waals surface area contributed by atoms with Crippen LogP contribution in [0.3, 0.4) is 0 Å². The fourth-order valence-corrected chi connectivity index (χ4v) is 4.86. The molecule has 3 aromatic carbocycles. The van der Waals surface area contributed by atoms with Crippen LogP contribution in [0.5, 0.6) is 5.75 Å². The third kappa shape index (κ3) is 2.70. The molecule has 3 aromatic rings. The molecule has 138 valence electrons. The Morgan fingerprint density at radius 3 is 2.57 bits per heavy atom. The summed E-state index contributed by atoms with van der Waals surface area (Å²) in [4.78, 5) is 11.3. The minimum absolute atomic E-state index is 0.0683. The van der Waals surface area contributed by atoms with Gasteiger partial charge in [-0.3, -0.25) is 10.1 Å². The van der Waals surface area contributed by atoms with Gasteiger partial charge < -0.3 is 4.74 Å². The van der Waals surface area contributed by atoms with E-state index in [1.165, 1.54) is 6.07 Å². The normalized spacial score (nSPS) is 22.3. The maximum Gasteiger partial charge on any atom is 0.273 e. The lowest BCUT2D eigenvalue weighted by atomic mass is 9.76. The Bertz CT molecular complexity index is 1190. The van der Waals surface area contributed by atoms with E-state index in [9.17, 15) is 15.4 Å². The smallest absolute Gasteiger partial charge is 0.273 e. The average Bonchev–Trinajstić information content (AvgIpc) is 2.73. The van der Waals surface area contributed by atoms with Crippen molar-refractivity contribution >= 4 is 54.4 Å². The topological polar surface area (TPSA) is 88.5 Å². The molecular weight excluding hydrogens is 490 g/mol. The van der Waals surface area contributed by atoms with E-state index >= 15 is 0 Å². The molecule has 1 aliphatic rings. The summed E-state index contributed by atoms with van der Waals surface area (Å²) in [6, 6.07) is 20.0. The van der Waals surface area contributed by atoms with Crippen molar-refractivity contribution in [3.05, 3.63) is 81.9 Å². The minimum atomic E-state index is -1.43. The first-order valence-electron chi connectivity index (χ1n) is 8.23. The summed E-state index contributed by atoms with van der Waals surface area (Å²) in [5.74, 6) is -0.128. The van der Waals surface area contributed by atoms with Gasteiger partial charge >= 0.3 is 0 Å². The largest absolute Gasteiger partial charge is 0.439 e. The van der Waals surface area contributed by atoms with Gasteiger partial charge in [-0.1, -0.05) is 64.5 Å². The van der Waals surface area contributed by atoms with Crippen molar-refractivity contribution in [2.75, 3.05) is 0 Å². The molecule has 0 fully saturated rings. The molecule has 0 amide bonds. The second-order valence-corrected chi connectivity index (χ2v) is 7.87.